The number of nitrogen functional groups attached to an aromatic ring is 1. The van der Waals surface area contributed by atoms with Crippen LogP contribution in [0.3, 0.4) is 0 Å². The zero-order chi connectivity index (χ0) is 14.5. The molecule has 0 unspecified atom stereocenters. The van der Waals surface area contributed by atoms with Crippen molar-refractivity contribution in [2.45, 2.75) is 13.8 Å². The molecule has 0 bridgehead atoms. The molecule has 0 heterocycles. The van der Waals surface area contributed by atoms with Crippen LogP contribution < -0.4 is 16.4 Å². The Bertz CT molecular complexity index is 623. The van der Waals surface area contributed by atoms with E-state index < -0.39 is 0 Å². The molecule has 2 aromatic carbocycles. The molecule has 0 aliphatic carbocycles. The molecular weight excluding hydrogens is 250 g/mol. The Morgan fingerprint density at radius 2 is 2.00 bits per heavy atom. The smallest absolute Gasteiger partial charge is 0.251 e. The van der Waals surface area contributed by atoms with Crippen molar-refractivity contribution in [1.29, 1.82) is 0 Å². The maximum atomic E-state index is 11.8. The van der Waals surface area contributed by atoms with Gasteiger partial charge < -0.3 is 16.4 Å². The summed E-state index contributed by atoms with van der Waals surface area (Å²) >= 11 is 0. The van der Waals surface area contributed by atoms with Crippen LogP contribution >= 0.6 is 0 Å². The van der Waals surface area contributed by atoms with Crippen molar-refractivity contribution in [2.75, 3.05) is 17.6 Å². The van der Waals surface area contributed by atoms with Crippen LogP contribution in [0.15, 0.2) is 42.5 Å². The first-order valence-corrected chi connectivity index (χ1v) is 6.61. The first kappa shape index (κ1) is 13.9. The topological polar surface area (TPSA) is 67.2 Å². The number of nitrogens with two attached hydrogens (primary N) is 1. The number of amides is 1. The lowest BCUT2D eigenvalue weighted by atomic mass is 10.1. The van der Waals surface area contributed by atoms with E-state index in [9.17, 15) is 4.79 Å². The average Bonchev–Trinajstić information content (AvgIpc) is 2.41. The normalized spacial score (nSPS) is 10.1. The molecule has 20 heavy (non-hydrogen) atoms. The fourth-order valence-electron chi connectivity index (χ4n) is 1.95. The lowest BCUT2D eigenvalue weighted by Gasteiger charge is -2.12. The molecule has 0 saturated carbocycles. The highest BCUT2D eigenvalue weighted by molar-refractivity contribution is 5.96. The lowest BCUT2D eigenvalue weighted by Crippen LogP contribution is -2.22. The van der Waals surface area contributed by atoms with Gasteiger partial charge in [0.25, 0.3) is 5.91 Å². The number of hydrogen-bond acceptors (Lipinski definition) is 3. The third-order valence-corrected chi connectivity index (χ3v) is 2.95. The number of nitrogens with one attached hydrogen (secondary N) is 2. The van der Waals surface area contributed by atoms with Gasteiger partial charge in [-0.25, -0.2) is 0 Å². The van der Waals surface area contributed by atoms with Gasteiger partial charge in [-0.15, -0.1) is 0 Å². The minimum atomic E-state index is -0.0974. The minimum Gasteiger partial charge on any atom is -0.397 e. The lowest BCUT2D eigenvalue weighted by molar-refractivity contribution is 0.0956. The summed E-state index contributed by atoms with van der Waals surface area (Å²) in [5, 5.41) is 6.02. The van der Waals surface area contributed by atoms with Crippen LogP contribution in [-0.4, -0.2) is 12.5 Å². The standard InChI is InChI=1S/C16H19N3O/c1-3-18-16(20)12-7-8-14(17)15(10-12)19-13-6-4-5-11(2)9-13/h4-10,19H,3,17H2,1-2H3,(H,18,20). The van der Waals surface area contributed by atoms with Gasteiger partial charge in [0.05, 0.1) is 11.4 Å². The monoisotopic (exact) mass is 269 g/mol. The molecule has 2 rings (SSSR count). The Kier molecular flexibility index (Phi) is 4.25. The third kappa shape index (κ3) is 3.29. The van der Waals surface area contributed by atoms with Gasteiger partial charge >= 0.3 is 0 Å². The van der Waals surface area contributed by atoms with Crippen molar-refractivity contribution >= 4 is 23.0 Å². The molecular formula is C16H19N3O. The molecule has 4 nitrogen and oxygen atoms in total. The van der Waals surface area contributed by atoms with Crippen LogP contribution in [0.5, 0.6) is 0 Å². The zero-order valence-corrected chi connectivity index (χ0v) is 11.7. The molecule has 0 aliphatic heterocycles. The Balaban J connectivity index is 2.27. The summed E-state index contributed by atoms with van der Waals surface area (Å²) in [5.41, 5.74) is 10.0. The van der Waals surface area contributed by atoms with E-state index in [1.54, 1.807) is 18.2 Å². The molecule has 104 valence electrons. The minimum absolute atomic E-state index is 0.0974. The fourth-order valence-corrected chi connectivity index (χ4v) is 1.95. The summed E-state index contributed by atoms with van der Waals surface area (Å²) in [5.74, 6) is -0.0974. The molecule has 0 spiro atoms. The number of rotatable bonds is 4. The number of hydrogen-bond donors (Lipinski definition) is 3. The van der Waals surface area contributed by atoms with Gasteiger partial charge in [-0.3, -0.25) is 4.79 Å². The Morgan fingerprint density at radius 3 is 2.70 bits per heavy atom. The van der Waals surface area contributed by atoms with Gasteiger partial charge in [-0.2, -0.15) is 0 Å². The van der Waals surface area contributed by atoms with Crippen LogP contribution in [0, 0.1) is 6.92 Å². The number of aryl methyl sites for hydroxylation is 1. The molecule has 1 amide bonds. The molecule has 4 N–H and O–H groups in total. The summed E-state index contributed by atoms with van der Waals surface area (Å²) in [6.07, 6.45) is 0. The van der Waals surface area contributed by atoms with E-state index >= 15 is 0 Å². The highest BCUT2D eigenvalue weighted by Crippen LogP contribution is 2.24. The second-order valence-corrected chi connectivity index (χ2v) is 4.66. The van der Waals surface area contributed by atoms with E-state index in [4.69, 9.17) is 5.73 Å². The van der Waals surface area contributed by atoms with Crippen LogP contribution in [0.25, 0.3) is 0 Å². The largest absolute Gasteiger partial charge is 0.397 e. The van der Waals surface area contributed by atoms with Crippen LogP contribution in [-0.2, 0) is 0 Å². The second kappa shape index (κ2) is 6.10. The van der Waals surface area contributed by atoms with Gasteiger partial charge in [0.2, 0.25) is 0 Å². The molecule has 2 aromatic rings. The van der Waals surface area contributed by atoms with E-state index in [2.05, 4.69) is 10.6 Å². The summed E-state index contributed by atoms with van der Waals surface area (Å²) in [6.45, 7) is 4.52. The molecule has 0 fully saturated rings. The van der Waals surface area contributed by atoms with Gasteiger partial charge in [-0.05, 0) is 49.7 Å². The predicted molar refractivity (Wildman–Crippen MR) is 83.3 cm³/mol. The Hall–Kier alpha value is -2.49. The summed E-state index contributed by atoms with van der Waals surface area (Å²) in [4.78, 5) is 11.8. The highest BCUT2D eigenvalue weighted by atomic mass is 16.1. The van der Waals surface area contributed by atoms with Gasteiger partial charge in [0.1, 0.15) is 0 Å². The predicted octanol–water partition coefficient (Wildman–Crippen LogP) is 3.07. The number of carbonyl (C=O) groups excluding carboxylic acids is 1. The van der Waals surface area contributed by atoms with Crippen LogP contribution in [0.1, 0.15) is 22.8 Å². The SMILES string of the molecule is CCNC(=O)c1ccc(N)c(Nc2cccc(C)c2)c1. The van der Waals surface area contributed by atoms with E-state index in [0.29, 0.717) is 17.8 Å². The Morgan fingerprint density at radius 1 is 1.20 bits per heavy atom. The van der Waals surface area contributed by atoms with Crippen LogP contribution in [0.4, 0.5) is 17.1 Å². The van der Waals surface area contributed by atoms with E-state index in [1.807, 2.05) is 38.1 Å². The maximum Gasteiger partial charge on any atom is 0.251 e. The molecule has 0 aliphatic rings. The van der Waals surface area contributed by atoms with Gasteiger partial charge in [0, 0.05) is 17.8 Å². The maximum absolute atomic E-state index is 11.8. The molecule has 0 radical (unpaired) electrons. The molecule has 4 heteroatoms. The van der Waals surface area contributed by atoms with Gasteiger partial charge in [-0.1, -0.05) is 12.1 Å². The quantitative estimate of drug-likeness (QED) is 0.747. The second-order valence-electron chi connectivity index (χ2n) is 4.66. The van der Waals surface area contributed by atoms with E-state index in [0.717, 1.165) is 16.9 Å². The van der Waals surface area contributed by atoms with E-state index in [1.165, 1.54) is 0 Å². The molecule has 0 atom stereocenters. The van der Waals surface area contributed by atoms with E-state index in [-0.39, 0.29) is 5.91 Å². The number of carbonyl (C=O) groups is 1. The first-order valence-electron chi connectivity index (χ1n) is 6.61. The van der Waals surface area contributed by atoms with Crippen molar-refractivity contribution in [3.63, 3.8) is 0 Å². The highest BCUT2D eigenvalue weighted by Gasteiger charge is 2.07. The number of anilines is 3. The summed E-state index contributed by atoms with van der Waals surface area (Å²) in [6, 6.07) is 13.2. The summed E-state index contributed by atoms with van der Waals surface area (Å²) in [7, 11) is 0. The van der Waals surface area contributed by atoms with Crippen molar-refractivity contribution in [3.05, 3.63) is 53.6 Å². The van der Waals surface area contributed by atoms with Gasteiger partial charge in [0.15, 0.2) is 0 Å². The Labute approximate surface area is 119 Å². The fraction of sp³-hybridized carbons (Fsp3) is 0.188. The summed E-state index contributed by atoms with van der Waals surface area (Å²) < 4.78 is 0. The van der Waals surface area contributed by atoms with Crippen LogP contribution in [0.2, 0.25) is 0 Å². The van der Waals surface area contributed by atoms with Crippen molar-refractivity contribution < 1.29 is 4.79 Å². The van der Waals surface area contributed by atoms with Crippen molar-refractivity contribution in [1.82, 2.24) is 5.32 Å². The zero-order valence-electron chi connectivity index (χ0n) is 11.7. The first-order chi connectivity index (χ1) is 9.60. The molecule has 0 aromatic heterocycles. The molecule has 0 saturated heterocycles. The average molecular weight is 269 g/mol. The third-order valence-electron chi connectivity index (χ3n) is 2.95. The van der Waals surface area contributed by atoms with Crippen molar-refractivity contribution in [2.24, 2.45) is 0 Å². The van der Waals surface area contributed by atoms with Crippen molar-refractivity contribution in [3.8, 4) is 0 Å². The number of benzene rings is 2.